The highest BCUT2D eigenvalue weighted by Gasteiger charge is 2.01. The van der Waals surface area contributed by atoms with E-state index >= 15 is 0 Å². The molecule has 0 saturated heterocycles. The van der Waals surface area contributed by atoms with Crippen LogP contribution in [0.2, 0.25) is 0 Å². The zero-order chi connectivity index (χ0) is 11.2. The molecule has 4 heteroatoms. The molecule has 0 aliphatic rings. The third kappa shape index (κ3) is 3.89. The van der Waals surface area contributed by atoms with Gasteiger partial charge in [0.05, 0.1) is 6.21 Å². The second-order valence-corrected chi connectivity index (χ2v) is 3.53. The Balaban J connectivity index is 0.00000144. The number of benzene rings is 1. The van der Waals surface area contributed by atoms with Gasteiger partial charge in [-0.05, 0) is 0 Å². The van der Waals surface area contributed by atoms with Crippen molar-refractivity contribution in [1.82, 2.24) is 0 Å². The smallest absolute Gasteiger partial charge is 0.173 e. The Morgan fingerprint density at radius 1 is 1.06 bits per heavy atom. The van der Waals surface area contributed by atoms with E-state index in [4.69, 9.17) is 5.21 Å². The van der Waals surface area contributed by atoms with Gasteiger partial charge in [0.15, 0.2) is 18.9 Å². The molecule has 1 aromatic heterocycles. The zero-order valence-electron chi connectivity index (χ0n) is 9.20. The Kier molecular flexibility index (Phi) is 5.17. The molecule has 1 N–H and O–H groups in total. The van der Waals surface area contributed by atoms with E-state index < -0.39 is 0 Å². The fourth-order valence-corrected chi connectivity index (χ4v) is 1.52. The normalized spacial score (nSPS) is 10.1. The van der Waals surface area contributed by atoms with E-state index in [1.807, 2.05) is 42.7 Å². The standard InChI is InChI=1S/C13H12N2O.ClH/c16-14-10-12-6-8-15(9-7-12)11-13-4-2-1-3-5-13;/h1-10H,11H2;1H. The van der Waals surface area contributed by atoms with Crippen LogP contribution in [-0.4, -0.2) is 11.4 Å². The first-order valence-corrected chi connectivity index (χ1v) is 5.09. The Labute approximate surface area is 106 Å². The van der Waals surface area contributed by atoms with Crippen LogP contribution >= 0.6 is 0 Å². The van der Waals surface area contributed by atoms with E-state index in [1.165, 1.54) is 11.8 Å². The molecule has 3 nitrogen and oxygen atoms in total. The number of oxime groups is 1. The molecule has 1 aromatic carbocycles. The summed E-state index contributed by atoms with van der Waals surface area (Å²) in [5.41, 5.74) is 2.14. The molecule has 0 aliphatic carbocycles. The lowest BCUT2D eigenvalue weighted by Gasteiger charge is -1.97. The minimum absolute atomic E-state index is 0. The predicted molar refractivity (Wildman–Crippen MR) is 61.6 cm³/mol. The van der Waals surface area contributed by atoms with E-state index in [2.05, 4.69) is 21.9 Å². The number of nitrogens with zero attached hydrogens (tertiary/aromatic N) is 2. The summed E-state index contributed by atoms with van der Waals surface area (Å²) in [6.07, 6.45) is 5.33. The monoisotopic (exact) mass is 248 g/mol. The summed E-state index contributed by atoms with van der Waals surface area (Å²) in [4.78, 5) is 0. The molecular formula is C13H13ClN2O. The Hall–Kier alpha value is -1.87. The van der Waals surface area contributed by atoms with Crippen molar-refractivity contribution in [2.75, 3.05) is 0 Å². The van der Waals surface area contributed by atoms with Gasteiger partial charge >= 0.3 is 0 Å². The van der Waals surface area contributed by atoms with Gasteiger partial charge in [-0.25, -0.2) is 4.57 Å². The molecule has 1 heterocycles. The maximum Gasteiger partial charge on any atom is 0.173 e. The van der Waals surface area contributed by atoms with Crippen molar-refractivity contribution in [3.05, 3.63) is 66.0 Å². The molecule has 0 bridgehead atoms. The lowest BCUT2D eigenvalue weighted by molar-refractivity contribution is -0.688. The third-order valence-electron chi connectivity index (χ3n) is 2.33. The number of aromatic nitrogens is 1. The Morgan fingerprint density at radius 2 is 1.71 bits per heavy atom. The first-order chi connectivity index (χ1) is 7.88. The van der Waals surface area contributed by atoms with Gasteiger partial charge in [0.25, 0.3) is 0 Å². The number of rotatable bonds is 3. The second-order valence-electron chi connectivity index (χ2n) is 3.53. The lowest BCUT2D eigenvalue weighted by atomic mass is 10.2. The summed E-state index contributed by atoms with van der Waals surface area (Å²) in [5.74, 6) is 0. The first kappa shape index (κ1) is 13.2. The first-order valence-electron chi connectivity index (χ1n) is 5.09. The minimum Gasteiger partial charge on any atom is -1.00 e. The molecule has 0 radical (unpaired) electrons. The van der Waals surface area contributed by atoms with E-state index in [1.54, 1.807) is 0 Å². The summed E-state index contributed by atoms with van der Waals surface area (Å²) in [6.45, 7) is 0.845. The molecule has 88 valence electrons. The summed E-state index contributed by atoms with van der Waals surface area (Å²) >= 11 is 0. The van der Waals surface area contributed by atoms with Crippen molar-refractivity contribution < 1.29 is 22.2 Å². The molecule has 0 unspecified atom stereocenters. The second kappa shape index (κ2) is 6.66. The topological polar surface area (TPSA) is 36.5 Å². The molecule has 0 atom stereocenters. The third-order valence-corrected chi connectivity index (χ3v) is 2.33. The van der Waals surface area contributed by atoms with Crippen LogP contribution in [0.3, 0.4) is 0 Å². The molecule has 0 spiro atoms. The van der Waals surface area contributed by atoms with Gasteiger partial charge < -0.3 is 17.6 Å². The highest BCUT2D eigenvalue weighted by molar-refractivity contribution is 5.78. The number of pyridine rings is 1. The molecule has 0 aliphatic heterocycles. The van der Waals surface area contributed by atoms with Crippen molar-refractivity contribution in [2.45, 2.75) is 6.54 Å². The maximum absolute atomic E-state index is 8.39. The van der Waals surface area contributed by atoms with Crippen molar-refractivity contribution in [2.24, 2.45) is 5.16 Å². The van der Waals surface area contributed by atoms with E-state index in [-0.39, 0.29) is 12.4 Å². The van der Waals surface area contributed by atoms with Gasteiger partial charge in [-0.3, -0.25) is 0 Å². The van der Waals surface area contributed by atoms with Crippen LogP contribution in [-0.2, 0) is 6.54 Å². The van der Waals surface area contributed by atoms with Crippen molar-refractivity contribution >= 4 is 6.21 Å². The van der Waals surface area contributed by atoms with Crippen LogP contribution in [0.15, 0.2) is 60.0 Å². The van der Waals surface area contributed by atoms with Crippen molar-refractivity contribution in [1.29, 1.82) is 0 Å². The molecule has 0 saturated carbocycles. The molecule has 17 heavy (non-hydrogen) atoms. The van der Waals surface area contributed by atoms with Gasteiger partial charge in [0.2, 0.25) is 0 Å². The zero-order valence-corrected chi connectivity index (χ0v) is 9.96. The summed E-state index contributed by atoms with van der Waals surface area (Å²) in [5, 5.41) is 11.4. The van der Waals surface area contributed by atoms with Gasteiger partial charge in [0, 0.05) is 23.3 Å². The predicted octanol–water partition coefficient (Wildman–Crippen LogP) is -1.17. The van der Waals surface area contributed by atoms with E-state index in [0.29, 0.717) is 0 Å². The SMILES string of the molecule is O/N=C/c1cc[n+](Cc2ccccc2)cc1.[Cl-]. The molecular weight excluding hydrogens is 236 g/mol. The number of hydrogen-bond donors (Lipinski definition) is 1. The van der Waals surface area contributed by atoms with E-state index in [0.717, 1.165) is 12.1 Å². The van der Waals surface area contributed by atoms with Crippen molar-refractivity contribution in [3.8, 4) is 0 Å². The quantitative estimate of drug-likeness (QED) is 0.316. The molecule has 2 aromatic rings. The fourth-order valence-electron chi connectivity index (χ4n) is 1.52. The Bertz CT molecular complexity index is 469. The molecule has 0 amide bonds. The highest BCUT2D eigenvalue weighted by Crippen LogP contribution is 1.98. The minimum atomic E-state index is 0. The van der Waals surface area contributed by atoms with Gasteiger partial charge in [-0.15, -0.1) is 0 Å². The number of hydrogen-bond acceptors (Lipinski definition) is 2. The molecule has 2 rings (SSSR count). The van der Waals surface area contributed by atoms with E-state index in [9.17, 15) is 0 Å². The summed E-state index contributed by atoms with van der Waals surface area (Å²) in [6, 6.07) is 14.1. The van der Waals surface area contributed by atoms with Crippen LogP contribution < -0.4 is 17.0 Å². The van der Waals surface area contributed by atoms with Crippen LogP contribution in [0.25, 0.3) is 0 Å². The van der Waals surface area contributed by atoms with Gasteiger partial charge in [-0.1, -0.05) is 35.5 Å². The van der Waals surface area contributed by atoms with Gasteiger partial charge in [0.1, 0.15) is 0 Å². The van der Waals surface area contributed by atoms with Crippen LogP contribution in [0.4, 0.5) is 0 Å². The largest absolute Gasteiger partial charge is 1.00 e. The fraction of sp³-hybridized carbons (Fsp3) is 0.0769. The summed E-state index contributed by atoms with van der Waals surface area (Å²) < 4.78 is 2.07. The van der Waals surface area contributed by atoms with Gasteiger partial charge in [-0.2, -0.15) is 0 Å². The maximum atomic E-state index is 8.39. The Morgan fingerprint density at radius 3 is 2.29 bits per heavy atom. The average Bonchev–Trinajstić information content (AvgIpc) is 2.33. The van der Waals surface area contributed by atoms with Crippen LogP contribution in [0.1, 0.15) is 11.1 Å². The summed E-state index contributed by atoms with van der Waals surface area (Å²) in [7, 11) is 0. The average molecular weight is 249 g/mol. The highest BCUT2D eigenvalue weighted by atomic mass is 35.5. The van der Waals surface area contributed by atoms with Crippen molar-refractivity contribution in [3.63, 3.8) is 0 Å². The lowest BCUT2D eigenvalue weighted by Crippen LogP contribution is -3.00. The van der Waals surface area contributed by atoms with Crippen LogP contribution in [0, 0.1) is 0 Å². The van der Waals surface area contributed by atoms with Crippen LogP contribution in [0.5, 0.6) is 0 Å². The molecule has 0 fully saturated rings. The number of halogens is 1.